The zero-order valence-electron chi connectivity index (χ0n) is 7.63. The molecule has 2 rings (SSSR count). The molecule has 0 aliphatic carbocycles. The highest BCUT2D eigenvalue weighted by Crippen LogP contribution is 2.16. The minimum Gasteiger partial charge on any atom is -0.321 e. The van der Waals surface area contributed by atoms with E-state index < -0.39 is 0 Å². The first-order valence-corrected chi connectivity index (χ1v) is 5.29. The Balaban J connectivity index is 2.07. The van der Waals surface area contributed by atoms with E-state index in [0.717, 1.165) is 6.42 Å². The summed E-state index contributed by atoms with van der Waals surface area (Å²) in [6, 6.07) is 5.79. The SMILES string of the molecule is NC(Cc1cccs1)c1ncccn1. The molecule has 2 heterocycles. The molecule has 1 atom stereocenters. The first-order valence-electron chi connectivity index (χ1n) is 4.41. The Labute approximate surface area is 86.6 Å². The molecule has 0 aromatic carbocycles. The van der Waals surface area contributed by atoms with Crippen LogP contribution in [0.15, 0.2) is 36.0 Å². The average molecular weight is 205 g/mol. The molecule has 72 valence electrons. The van der Waals surface area contributed by atoms with E-state index in [1.165, 1.54) is 4.88 Å². The molecule has 0 saturated heterocycles. The maximum atomic E-state index is 5.97. The number of aromatic nitrogens is 2. The summed E-state index contributed by atoms with van der Waals surface area (Å²) < 4.78 is 0. The Morgan fingerprint density at radius 3 is 2.71 bits per heavy atom. The van der Waals surface area contributed by atoms with Crippen molar-refractivity contribution in [2.24, 2.45) is 5.73 Å². The second-order valence-electron chi connectivity index (χ2n) is 3.00. The lowest BCUT2D eigenvalue weighted by atomic mass is 10.2. The van der Waals surface area contributed by atoms with Gasteiger partial charge in [-0.3, -0.25) is 0 Å². The van der Waals surface area contributed by atoms with Gasteiger partial charge < -0.3 is 5.73 Å². The van der Waals surface area contributed by atoms with Crippen molar-refractivity contribution < 1.29 is 0 Å². The zero-order chi connectivity index (χ0) is 9.80. The van der Waals surface area contributed by atoms with E-state index in [1.807, 2.05) is 11.4 Å². The number of hydrogen-bond acceptors (Lipinski definition) is 4. The predicted octanol–water partition coefficient (Wildman–Crippen LogP) is 1.78. The van der Waals surface area contributed by atoms with Gasteiger partial charge in [-0.25, -0.2) is 9.97 Å². The van der Waals surface area contributed by atoms with Crippen molar-refractivity contribution in [3.05, 3.63) is 46.7 Å². The van der Waals surface area contributed by atoms with Crippen LogP contribution in [0.1, 0.15) is 16.7 Å². The Morgan fingerprint density at radius 1 is 1.29 bits per heavy atom. The smallest absolute Gasteiger partial charge is 0.145 e. The summed E-state index contributed by atoms with van der Waals surface area (Å²) in [4.78, 5) is 9.52. The maximum Gasteiger partial charge on any atom is 0.145 e. The molecule has 4 heteroatoms. The van der Waals surface area contributed by atoms with Gasteiger partial charge in [0.2, 0.25) is 0 Å². The topological polar surface area (TPSA) is 51.8 Å². The molecule has 0 saturated carbocycles. The Kier molecular flexibility index (Phi) is 2.86. The summed E-state index contributed by atoms with van der Waals surface area (Å²) in [5.41, 5.74) is 5.97. The molecule has 0 radical (unpaired) electrons. The fourth-order valence-electron chi connectivity index (χ4n) is 1.24. The molecular weight excluding hydrogens is 194 g/mol. The lowest BCUT2D eigenvalue weighted by Gasteiger charge is -2.07. The highest BCUT2D eigenvalue weighted by Gasteiger charge is 2.09. The number of nitrogens with zero attached hydrogens (tertiary/aromatic N) is 2. The molecule has 0 fully saturated rings. The lowest BCUT2D eigenvalue weighted by molar-refractivity contribution is 0.673. The van der Waals surface area contributed by atoms with Gasteiger partial charge in [0.1, 0.15) is 5.82 Å². The van der Waals surface area contributed by atoms with Crippen LogP contribution in [0, 0.1) is 0 Å². The summed E-state index contributed by atoms with van der Waals surface area (Å²) in [5, 5.41) is 2.05. The van der Waals surface area contributed by atoms with E-state index in [-0.39, 0.29) is 6.04 Å². The molecule has 0 bridgehead atoms. The second-order valence-corrected chi connectivity index (χ2v) is 4.03. The monoisotopic (exact) mass is 205 g/mol. The van der Waals surface area contributed by atoms with Crippen LogP contribution in [-0.4, -0.2) is 9.97 Å². The van der Waals surface area contributed by atoms with E-state index in [1.54, 1.807) is 29.8 Å². The molecule has 3 nitrogen and oxygen atoms in total. The molecular formula is C10H11N3S. The van der Waals surface area contributed by atoms with Gasteiger partial charge >= 0.3 is 0 Å². The molecule has 0 aliphatic heterocycles. The van der Waals surface area contributed by atoms with Crippen LogP contribution in [0.4, 0.5) is 0 Å². The number of rotatable bonds is 3. The van der Waals surface area contributed by atoms with Crippen LogP contribution >= 0.6 is 11.3 Å². The number of thiophene rings is 1. The van der Waals surface area contributed by atoms with Crippen LogP contribution in [0.3, 0.4) is 0 Å². The van der Waals surface area contributed by atoms with Crippen LogP contribution < -0.4 is 5.73 Å². The van der Waals surface area contributed by atoms with Crippen molar-refractivity contribution in [2.75, 3.05) is 0 Å². The van der Waals surface area contributed by atoms with E-state index in [0.29, 0.717) is 5.82 Å². The molecule has 2 aromatic rings. The Morgan fingerprint density at radius 2 is 2.07 bits per heavy atom. The molecule has 0 amide bonds. The van der Waals surface area contributed by atoms with Crippen molar-refractivity contribution in [2.45, 2.75) is 12.5 Å². The third-order valence-electron chi connectivity index (χ3n) is 1.92. The average Bonchev–Trinajstić information content (AvgIpc) is 2.72. The lowest BCUT2D eigenvalue weighted by Crippen LogP contribution is -2.15. The molecule has 14 heavy (non-hydrogen) atoms. The van der Waals surface area contributed by atoms with Gasteiger partial charge in [0.25, 0.3) is 0 Å². The van der Waals surface area contributed by atoms with E-state index in [9.17, 15) is 0 Å². The summed E-state index contributed by atoms with van der Waals surface area (Å²) in [5.74, 6) is 0.709. The van der Waals surface area contributed by atoms with Gasteiger partial charge in [0, 0.05) is 23.7 Å². The van der Waals surface area contributed by atoms with Crippen molar-refractivity contribution in [1.29, 1.82) is 0 Å². The largest absolute Gasteiger partial charge is 0.321 e. The molecule has 1 unspecified atom stereocenters. The van der Waals surface area contributed by atoms with Gasteiger partial charge in [0.15, 0.2) is 0 Å². The maximum absolute atomic E-state index is 5.97. The van der Waals surface area contributed by atoms with Crippen LogP contribution in [-0.2, 0) is 6.42 Å². The quantitative estimate of drug-likeness (QED) is 0.831. The fraction of sp³-hybridized carbons (Fsp3) is 0.200. The van der Waals surface area contributed by atoms with Gasteiger partial charge in [0.05, 0.1) is 6.04 Å². The summed E-state index contributed by atoms with van der Waals surface area (Å²) in [6.07, 6.45) is 4.24. The minimum atomic E-state index is -0.102. The van der Waals surface area contributed by atoms with Crippen LogP contribution in [0.5, 0.6) is 0 Å². The van der Waals surface area contributed by atoms with Crippen molar-refractivity contribution in [3.63, 3.8) is 0 Å². The summed E-state index contributed by atoms with van der Waals surface area (Å²) in [6.45, 7) is 0. The minimum absolute atomic E-state index is 0.102. The standard InChI is InChI=1S/C10H11N3S/c11-9(7-8-3-1-6-14-8)10-12-4-2-5-13-10/h1-6,9H,7,11H2. The summed E-state index contributed by atoms with van der Waals surface area (Å²) >= 11 is 1.71. The third-order valence-corrected chi connectivity index (χ3v) is 2.82. The highest BCUT2D eigenvalue weighted by atomic mass is 32.1. The third kappa shape index (κ3) is 2.16. The van der Waals surface area contributed by atoms with Gasteiger partial charge in [-0.1, -0.05) is 6.07 Å². The number of hydrogen-bond donors (Lipinski definition) is 1. The highest BCUT2D eigenvalue weighted by molar-refractivity contribution is 7.09. The fourth-order valence-corrected chi connectivity index (χ4v) is 2.00. The first-order chi connectivity index (χ1) is 6.86. The molecule has 0 spiro atoms. The van der Waals surface area contributed by atoms with Crippen molar-refractivity contribution in [3.8, 4) is 0 Å². The van der Waals surface area contributed by atoms with Crippen LogP contribution in [0.25, 0.3) is 0 Å². The Hall–Kier alpha value is -1.26. The normalized spacial score (nSPS) is 12.6. The summed E-state index contributed by atoms with van der Waals surface area (Å²) in [7, 11) is 0. The predicted molar refractivity (Wildman–Crippen MR) is 57.0 cm³/mol. The second kappa shape index (κ2) is 4.30. The van der Waals surface area contributed by atoms with Gasteiger partial charge in [-0.15, -0.1) is 11.3 Å². The van der Waals surface area contributed by atoms with E-state index >= 15 is 0 Å². The zero-order valence-corrected chi connectivity index (χ0v) is 8.45. The van der Waals surface area contributed by atoms with E-state index in [2.05, 4.69) is 16.0 Å². The van der Waals surface area contributed by atoms with Crippen molar-refractivity contribution in [1.82, 2.24) is 9.97 Å². The van der Waals surface area contributed by atoms with Gasteiger partial charge in [-0.05, 0) is 17.5 Å². The first kappa shape index (κ1) is 9.30. The van der Waals surface area contributed by atoms with Crippen LogP contribution in [0.2, 0.25) is 0 Å². The van der Waals surface area contributed by atoms with Gasteiger partial charge in [-0.2, -0.15) is 0 Å². The molecule has 2 aromatic heterocycles. The number of nitrogens with two attached hydrogens (primary N) is 1. The van der Waals surface area contributed by atoms with E-state index in [4.69, 9.17) is 5.73 Å². The molecule has 2 N–H and O–H groups in total. The molecule has 0 aliphatic rings. The Bertz CT molecular complexity index is 372. The van der Waals surface area contributed by atoms with Crippen molar-refractivity contribution >= 4 is 11.3 Å².